The molecule has 2 N–H and O–H groups in total. The minimum Gasteiger partial charge on any atom is -0.399 e. The second kappa shape index (κ2) is 4.84. The maximum atomic E-state index is 7.75. The normalized spacial score (nSPS) is 7.11. The van der Waals surface area contributed by atoms with Crippen LogP contribution < -0.4 is 5.73 Å². The third-order valence-electron chi connectivity index (χ3n) is 0.800. The van der Waals surface area contributed by atoms with Crippen LogP contribution in [-0.4, -0.2) is 6.79 Å². The molecule has 0 unspecified atom stereocenters. The van der Waals surface area contributed by atoms with Crippen LogP contribution in [0.5, 0.6) is 0 Å². The number of nitrogens with two attached hydrogens (primary N) is 1. The van der Waals surface area contributed by atoms with Crippen LogP contribution in [0.3, 0.4) is 0 Å². The molecule has 0 bridgehead atoms. The van der Waals surface area contributed by atoms with Gasteiger partial charge in [0.25, 0.3) is 0 Å². The summed E-state index contributed by atoms with van der Waals surface area (Å²) in [6.07, 6.45) is 0. The number of rotatable bonds is 0. The average molecular weight is 122 g/mol. The summed E-state index contributed by atoms with van der Waals surface area (Å²) < 4.78 is 0. The van der Waals surface area contributed by atoms with E-state index in [1.807, 2.05) is 30.3 Å². The minimum atomic E-state index is 0.822. The zero-order valence-corrected chi connectivity index (χ0v) is 4.95. The summed E-state index contributed by atoms with van der Waals surface area (Å²) in [7, 11) is 0. The Morgan fingerprint density at radius 1 is 1.11 bits per heavy atom. The lowest BCUT2D eigenvalue weighted by Crippen LogP contribution is -1.79. The fourth-order valence-corrected chi connectivity index (χ4v) is 0.453. The molecule has 0 fully saturated rings. The largest absolute Gasteiger partial charge is 0.399 e. The average Bonchev–Trinajstić information content (AvgIpc) is 1.94. The van der Waals surface area contributed by atoms with Gasteiger partial charge in [0.1, 0.15) is 0 Å². The third-order valence-corrected chi connectivity index (χ3v) is 0.800. The summed E-state index contributed by atoms with van der Waals surface area (Å²) in [4.78, 5) is 7.75. The monoisotopic (exact) mass is 122 g/mol. The predicted molar refractivity (Wildman–Crippen MR) is 37.6 cm³/mol. The van der Waals surface area contributed by atoms with Crippen molar-refractivity contribution in [1.82, 2.24) is 0 Å². The van der Waals surface area contributed by atoms with Crippen molar-refractivity contribution in [2.24, 2.45) is 0 Å². The molecule has 1 aromatic rings. The Balaban J connectivity index is 0.000000291. The minimum absolute atomic E-state index is 0.822. The van der Waals surface area contributed by atoms with E-state index in [4.69, 9.17) is 10.5 Å². The van der Waals surface area contributed by atoms with Gasteiger partial charge in [-0.2, -0.15) is 0 Å². The first-order valence-electron chi connectivity index (χ1n) is 2.44. The molecular weight excluding hydrogens is 114 g/mol. The Morgan fingerprint density at radius 2 is 1.56 bits per heavy atom. The van der Waals surface area contributed by atoms with Gasteiger partial charge in [-0.1, -0.05) is 18.2 Å². The molecule has 0 heterocycles. The molecule has 0 aliphatic heterocycles. The summed E-state index contributed by atoms with van der Waals surface area (Å²) in [6, 6.07) is 9.49. The van der Waals surface area contributed by atoms with E-state index in [9.17, 15) is 0 Å². The summed E-state index contributed by atoms with van der Waals surface area (Å²) in [5.74, 6) is 0. The van der Waals surface area contributed by atoms with Crippen molar-refractivity contribution in [2.75, 3.05) is 5.73 Å². The molecule has 0 aliphatic rings. The Hall–Kier alpha value is -1.31. The number of anilines is 1. The van der Waals surface area contributed by atoms with Crippen LogP contribution >= 0.6 is 0 Å². The molecule has 47 valence electrons. The first-order valence-corrected chi connectivity index (χ1v) is 2.44. The van der Waals surface area contributed by atoms with Gasteiger partial charge in [-0.05, 0) is 12.1 Å². The molecule has 0 saturated carbocycles. The van der Waals surface area contributed by atoms with Crippen molar-refractivity contribution in [2.45, 2.75) is 0 Å². The Kier molecular flexibility index (Phi) is 4.14. The molecule has 9 heavy (non-hydrogen) atoms. The summed E-state index contributed by atoms with van der Waals surface area (Å²) in [5, 5.41) is 0. The molecule has 0 spiro atoms. The van der Waals surface area contributed by atoms with Crippen LogP contribution in [0.4, 0.5) is 5.69 Å². The lowest BCUT2D eigenvalue weighted by atomic mass is 10.3. The van der Waals surface area contributed by atoms with Crippen LogP contribution in [0.25, 0.3) is 0 Å². The molecule has 2 nitrogen and oxygen atoms in total. The second-order valence-electron chi connectivity index (χ2n) is 1.41. The number of hydrogen-bond acceptors (Lipinski definition) is 2. The fourth-order valence-electron chi connectivity index (χ4n) is 0.453. The number of para-hydroxylation sites is 1. The summed E-state index contributed by atoms with van der Waals surface area (Å²) in [5.41, 5.74) is 6.18. The van der Waals surface area contributed by atoms with Gasteiger partial charge < -0.3 is 5.73 Å². The van der Waals surface area contributed by atoms with Crippen molar-refractivity contribution >= 4 is 12.5 Å². The zero-order valence-electron chi connectivity index (χ0n) is 4.95. The fraction of sp³-hybridized carbons (Fsp3) is 0. The van der Waals surface area contributed by atoms with Crippen molar-refractivity contribution in [1.29, 1.82) is 0 Å². The molecule has 0 atom stereocenters. The van der Waals surface area contributed by atoms with Crippen molar-refractivity contribution in [3.05, 3.63) is 30.3 Å². The van der Waals surface area contributed by atoms with Crippen LogP contribution in [0.15, 0.2) is 30.3 Å². The Labute approximate surface area is 54.3 Å². The van der Waals surface area contributed by atoms with E-state index in [0.717, 1.165) is 5.69 Å². The van der Waals surface area contributed by atoms with Crippen LogP contribution in [0.2, 0.25) is 0 Å². The van der Waals surface area contributed by atoms with Gasteiger partial charge >= 0.3 is 0 Å². The summed E-state index contributed by atoms with van der Waals surface area (Å²) >= 11 is 0. The molecule has 0 saturated heterocycles. The molecule has 0 aliphatic carbocycles. The second-order valence-corrected chi connectivity index (χ2v) is 1.41. The number of nitrogen functional groups attached to an aromatic ring is 1. The molecule has 0 aromatic heterocycles. The highest BCUT2D eigenvalue weighted by Gasteiger charge is 1.72. The molecule has 2 heteroatoms. The third kappa shape index (κ3) is 3.29. The molecule has 1 rings (SSSR count). The van der Waals surface area contributed by atoms with Crippen molar-refractivity contribution in [3.8, 4) is 0 Å². The van der Waals surface area contributed by atoms with Crippen LogP contribution in [0.1, 0.15) is 0 Å². The van der Waals surface area contributed by atoms with E-state index in [1.54, 1.807) is 0 Å². The van der Waals surface area contributed by atoms with E-state index in [1.165, 1.54) is 0 Å². The van der Waals surface area contributed by atoms with Crippen molar-refractivity contribution in [3.63, 3.8) is 0 Å². The number of benzene rings is 1. The first kappa shape index (κ1) is 7.69. The SMILES string of the molecule is Nc1ccccc1.[CH]=O. The quantitative estimate of drug-likeness (QED) is 0.412. The lowest BCUT2D eigenvalue weighted by molar-refractivity contribution is 0.574. The lowest BCUT2D eigenvalue weighted by Gasteiger charge is -1.83. The van der Waals surface area contributed by atoms with Gasteiger partial charge in [0.15, 0.2) is 6.79 Å². The van der Waals surface area contributed by atoms with Crippen molar-refractivity contribution < 1.29 is 4.79 Å². The molecule has 0 amide bonds. The summed E-state index contributed by atoms with van der Waals surface area (Å²) in [6.45, 7) is 3.25. The van der Waals surface area contributed by atoms with Gasteiger partial charge in [-0.25, -0.2) is 0 Å². The first-order chi connectivity index (χ1) is 4.39. The highest BCUT2D eigenvalue weighted by Crippen LogP contribution is 1.95. The Bertz CT molecular complexity index is 150. The predicted octanol–water partition coefficient (Wildman–Crippen LogP) is 0.995. The molecular formula is C7H8NO. The molecule has 1 aromatic carbocycles. The van der Waals surface area contributed by atoms with Gasteiger partial charge in [0.05, 0.1) is 0 Å². The van der Waals surface area contributed by atoms with Crippen LogP contribution in [-0.2, 0) is 4.79 Å². The standard InChI is InChI=1S/C6H7N.CHO/c7-6-4-2-1-3-5-6;1-2/h1-5H,7H2;1H. The maximum Gasteiger partial charge on any atom is 0.182 e. The number of hydrogen-bond donors (Lipinski definition) is 1. The highest BCUT2D eigenvalue weighted by molar-refractivity contribution is 5.35. The van der Waals surface area contributed by atoms with Crippen LogP contribution in [0, 0.1) is 0 Å². The Morgan fingerprint density at radius 3 is 1.78 bits per heavy atom. The number of carbonyl (C=O) groups excluding carboxylic acids is 1. The molecule has 1 radical (unpaired) electrons. The van der Waals surface area contributed by atoms with E-state index in [2.05, 4.69) is 6.79 Å². The maximum absolute atomic E-state index is 7.75. The zero-order chi connectivity index (χ0) is 7.11. The van der Waals surface area contributed by atoms with E-state index in [-0.39, 0.29) is 0 Å². The van der Waals surface area contributed by atoms with E-state index in [0.29, 0.717) is 0 Å². The topological polar surface area (TPSA) is 43.1 Å². The van der Waals surface area contributed by atoms with Gasteiger partial charge in [0.2, 0.25) is 0 Å². The van der Waals surface area contributed by atoms with E-state index >= 15 is 0 Å². The van der Waals surface area contributed by atoms with Gasteiger partial charge in [-0.15, -0.1) is 0 Å². The van der Waals surface area contributed by atoms with Gasteiger partial charge in [0, 0.05) is 5.69 Å². The van der Waals surface area contributed by atoms with Gasteiger partial charge in [-0.3, -0.25) is 4.79 Å². The van der Waals surface area contributed by atoms with E-state index < -0.39 is 0 Å². The highest BCUT2D eigenvalue weighted by atomic mass is 16.1. The smallest absolute Gasteiger partial charge is 0.182 e.